The molecule has 3 aromatic rings. The molecule has 1 saturated carbocycles. The molecule has 2 fully saturated rings. The van der Waals surface area contributed by atoms with Crippen LogP contribution in [0.3, 0.4) is 0 Å². The van der Waals surface area contributed by atoms with Crippen molar-refractivity contribution in [2.45, 2.75) is 84.0 Å². The van der Waals surface area contributed by atoms with Gasteiger partial charge in [-0.25, -0.2) is 4.68 Å². The molecule has 3 heterocycles. The first-order valence-electron chi connectivity index (χ1n) is 12.3. The molecule has 33 heavy (non-hydrogen) atoms. The van der Waals surface area contributed by atoms with Crippen molar-refractivity contribution in [3.63, 3.8) is 0 Å². The van der Waals surface area contributed by atoms with E-state index in [2.05, 4.69) is 51.4 Å². The smallest absolute Gasteiger partial charge is 0.252 e. The standard InChI is InChI=1S/C25H34N6O2/c1-17-10-11-19-13-20(25(32)26-24(19)18(17)2)14-30(15-22-9-6-12-33-22)16-23-27-28-29-31(23)21-7-4-3-5-8-21/h10-11,13,21-22H,3-9,12,14-16H2,1-2H3,(H,26,32). The van der Waals surface area contributed by atoms with Crippen molar-refractivity contribution in [3.05, 3.63) is 51.1 Å². The number of rotatable bonds is 7. The topological polar surface area (TPSA) is 88.9 Å². The second-order valence-corrected chi connectivity index (χ2v) is 9.73. The summed E-state index contributed by atoms with van der Waals surface area (Å²) in [6.45, 7) is 6.85. The Morgan fingerprint density at radius 2 is 1.97 bits per heavy atom. The zero-order valence-electron chi connectivity index (χ0n) is 19.7. The average Bonchev–Trinajstić information content (AvgIpc) is 3.50. The minimum Gasteiger partial charge on any atom is -0.377 e. The summed E-state index contributed by atoms with van der Waals surface area (Å²) in [4.78, 5) is 18.4. The lowest BCUT2D eigenvalue weighted by molar-refractivity contribution is 0.0659. The van der Waals surface area contributed by atoms with Crippen LogP contribution in [0.25, 0.3) is 10.9 Å². The fourth-order valence-corrected chi connectivity index (χ4v) is 5.32. The molecule has 1 atom stereocenters. The number of hydrogen-bond acceptors (Lipinski definition) is 6. The monoisotopic (exact) mass is 450 g/mol. The number of ether oxygens (including phenoxy) is 1. The molecule has 8 heteroatoms. The van der Waals surface area contributed by atoms with Gasteiger partial charge >= 0.3 is 0 Å². The molecule has 2 aliphatic rings. The second-order valence-electron chi connectivity index (χ2n) is 9.73. The molecule has 1 saturated heterocycles. The first-order valence-corrected chi connectivity index (χ1v) is 12.3. The van der Waals surface area contributed by atoms with Gasteiger partial charge in [-0.3, -0.25) is 9.69 Å². The SMILES string of the molecule is Cc1ccc2cc(CN(Cc3nnnn3C3CCCCC3)CC3CCCO3)c(=O)[nH]c2c1C. The summed E-state index contributed by atoms with van der Waals surface area (Å²) in [6, 6.07) is 6.62. The zero-order valence-corrected chi connectivity index (χ0v) is 19.7. The van der Waals surface area contributed by atoms with Gasteiger partial charge in [0.2, 0.25) is 0 Å². The summed E-state index contributed by atoms with van der Waals surface area (Å²) in [5.41, 5.74) is 3.97. The predicted molar refractivity (Wildman–Crippen MR) is 127 cm³/mol. The summed E-state index contributed by atoms with van der Waals surface area (Å²) in [7, 11) is 0. The van der Waals surface area contributed by atoms with Gasteiger partial charge in [0.1, 0.15) is 0 Å². The Morgan fingerprint density at radius 3 is 2.76 bits per heavy atom. The van der Waals surface area contributed by atoms with E-state index in [4.69, 9.17) is 4.74 Å². The second kappa shape index (κ2) is 9.73. The molecular formula is C25H34N6O2. The van der Waals surface area contributed by atoms with Crippen molar-refractivity contribution in [1.29, 1.82) is 0 Å². The number of tetrazole rings is 1. The van der Waals surface area contributed by atoms with Crippen molar-refractivity contribution in [2.24, 2.45) is 0 Å². The van der Waals surface area contributed by atoms with Crippen LogP contribution >= 0.6 is 0 Å². The maximum Gasteiger partial charge on any atom is 0.252 e. The molecule has 0 spiro atoms. The molecule has 1 aliphatic heterocycles. The van der Waals surface area contributed by atoms with Gasteiger partial charge in [-0.15, -0.1) is 5.10 Å². The van der Waals surface area contributed by atoms with Crippen molar-refractivity contribution in [3.8, 4) is 0 Å². The van der Waals surface area contributed by atoms with Gasteiger partial charge in [-0.05, 0) is 72.5 Å². The van der Waals surface area contributed by atoms with E-state index in [1.807, 2.05) is 10.7 Å². The highest BCUT2D eigenvalue weighted by Gasteiger charge is 2.25. The van der Waals surface area contributed by atoms with Crippen LogP contribution in [0, 0.1) is 13.8 Å². The number of hydrogen-bond donors (Lipinski definition) is 1. The van der Waals surface area contributed by atoms with Crippen molar-refractivity contribution in [2.75, 3.05) is 13.2 Å². The van der Waals surface area contributed by atoms with E-state index >= 15 is 0 Å². The minimum absolute atomic E-state index is 0.0274. The van der Waals surface area contributed by atoms with Gasteiger partial charge in [0, 0.05) is 25.3 Å². The Balaban J connectivity index is 1.42. The molecule has 176 valence electrons. The van der Waals surface area contributed by atoms with E-state index in [9.17, 15) is 4.79 Å². The lowest BCUT2D eigenvalue weighted by atomic mass is 9.95. The highest BCUT2D eigenvalue weighted by atomic mass is 16.5. The first-order chi connectivity index (χ1) is 16.1. The van der Waals surface area contributed by atoms with Gasteiger partial charge in [-0.1, -0.05) is 31.4 Å². The van der Waals surface area contributed by atoms with Crippen molar-refractivity contribution < 1.29 is 4.74 Å². The Morgan fingerprint density at radius 1 is 1.12 bits per heavy atom. The van der Waals surface area contributed by atoms with Crippen LogP contribution in [0.15, 0.2) is 23.0 Å². The molecule has 0 bridgehead atoms. The Kier molecular flexibility index (Phi) is 6.55. The molecule has 0 radical (unpaired) electrons. The molecule has 1 aliphatic carbocycles. The largest absolute Gasteiger partial charge is 0.377 e. The normalized spacial score (nSPS) is 19.7. The third kappa shape index (κ3) is 4.87. The van der Waals surface area contributed by atoms with E-state index in [0.717, 1.165) is 66.7 Å². The van der Waals surface area contributed by atoms with Crippen molar-refractivity contribution >= 4 is 10.9 Å². The summed E-state index contributed by atoms with van der Waals surface area (Å²) in [5, 5.41) is 13.8. The van der Waals surface area contributed by atoms with Gasteiger partial charge < -0.3 is 9.72 Å². The lowest BCUT2D eigenvalue weighted by Crippen LogP contribution is -2.34. The first kappa shape index (κ1) is 22.2. The van der Waals surface area contributed by atoms with E-state index < -0.39 is 0 Å². The fourth-order valence-electron chi connectivity index (χ4n) is 5.32. The zero-order chi connectivity index (χ0) is 22.8. The van der Waals surface area contributed by atoms with Crippen molar-refractivity contribution in [1.82, 2.24) is 30.1 Å². The highest BCUT2D eigenvalue weighted by molar-refractivity contribution is 5.83. The Labute approximate surface area is 194 Å². The molecular weight excluding hydrogens is 416 g/mol. The predicted octanol–water partition coefficient (Wildman–Crippen LogP) is 3.82. The van der Waals surface area contributed by atoms with E-state index in [0.29, 0.717) is 19.1 Å². The lowest BCUT2D eigenvalue weighted by Gasteiger charge is -2.27. The summed E-state index contributed by atoms with van der Waals surface area (Å²) >= 11 is 0. The van der Waals surface area contributed by atoms with Crippen LogP contribution in [0.2, 0.25) is 0 Å². The van der Waals surface area contributed by atoms with Crippen LogP contribution in [0.5, 0.6) is 0 Å². The van der Waals surface area contributed by atoms with Gasteiger partial charge in [-0.2, -0.15) is 0 Å². The Bertz CT molecular complexity index is 1160. The quantitative estimate of drug-likeness (QED) is 0.589. The third-order valence-corrected chi connectivity index (χ3v) is 7.35. The fraction of sp³-hybridized carbons (Fsp3) is 0.600. The minimum atomic E-state index is -0.0274. The number of aromatic amines is 1. The number of benzene rings is 1. The molecule has 8 nitrogen and oxygen atoms in total. The number of nitrogens with one attached hydrogen (secondary N) is 1. The van der Waals surface area contributed by atoms with Crippen LogP contribution in [-0.4, -0.2) is 49.3 Å². The van der Waals surface area contributed by atoms with E-state index in [1.165, 1.54) is 24.8 Å². The number of aromatic nitrogens is 5. The van der Waals surface area contributed by atoms with Crippen LogP contribution in [0.1, 0.15) is 73.5 Å². The number of pyridine rings is 1. The molecule has 2 aromatic heterocycles. The molecule has 1 aromatic carbocycles. The average molecular weight is 451 g/mol. The van der Waals surface area contributed by atoms with Gasteiger partial charge in [0.05, 0.1) is 24.2 Å². The number of H-pyrrole nitrogens is 1. The van der Waals surface area contributed by atoms with Gasteiger partial charge in [0.25, 0.3) is 5.56 Å². The molecule has 1 N–H and O–H groups in total. The Hall–Kier alpha value is -2.58. The van der Waals surface area contributed by atoms with Crippen LogP contribution < -0.4 is 5.56 Å². The third-order valence-electron chi connectivity index (χ3n) is 7.35. The highest BCUT2D eigenvalue weighted by Crippen LogP contribution is 2.28. The summed E-state index contributed by atoms with van der Waals surface area (Å²) in [6.07, 6.45) is 8.35. The van der Waals surface area contributed by atoms with Crippen LogP contribution in [0.4, 0.5) is 0 Å². The van der Waals surface area contributed by atoms with Gasteiger partial charge in [0.15, 0.2) is 5.82 Å². The van der Waals surface area contributed by atoms with E-state index in [-0.39, 0.29) is 11.7 Å². The van der Waals surface area contributed by atoms with E-state index in [1.54, 1.807) is 0 Å². The number of fused-ring (bicyclic) bond motifs is 1. The maximum absolute atomic E-state index is 13.0. The molecule has 1 unspecified atom stereocenters. The molecule has 5 rings (SSSR count). The number of aryl methyl sites for hydroxylation is 2. The summed E-state index contributed by atoms with van der Waals surface area (Å²) < 4.78 is 7.96. The maximum atomic E-state index is 13.0. The summed E-state index contributed by atoms with van der Waals surface area (Å²) in [5.74, 6) is 0.878. The molecule has 0 amide bonds. The number of nitrogens with zero attached hydrogens (tertiary/aromatic N) is 5. The van der Waals surface area contributed by atoms with Crippen LogP contribution in [-0.2, 0) is 17.8 Å².